The molecule has 0 bridgehead atoms. The van der Waals surface area contributed by atoms with Gasteiger partial charge >= 0.3 is 0 Å². The second-order valence-electron chi connectivity index (χ2n) is 5.32. The van der Waals surface area contributed by atoms with Crippen LogP contribution in [0.5, 0.6) is 0 Å². The average Bonchev–Trinajstić information content (AvgIpc) is 3.34. The van der Waals surface area contributed by atoms with Gasteiger partial charge in [-0.1, -0.05) is 11.8 Å². The lowest BCUT2D eigenvalue weighted by Gasteiger charge is -2.24. The molecule has 1 fully saturated rings. The van der Waals surface area contributed by atoms with Crippen molar-refractivity contribution < 1.29 is 9.90 Å². The molecule has 0 radical (unpaired) electrons. The van der Waals surface area contributed by atoms with Crippen LogP contribution in [0.2, 0.25) is 0 Å². The molecule has 21 heavy (non-hydrogen) atoms. The minimum Gasteiger partial charge on any atom is -0.384 e. The van der Waals surface area contributed by atoms with E-state index in [-0.39, 0.29) is 18.6 Å². The Morgan fingerprint density at radius 2 is 2.38 bits per heavy atom. The molecule has 1 amide bonds. The molecule has 1 atom stereocenters. The van der Waals surface area contributed by atoms with Crippen LogP contribution in [0, 0.1) is 11.8 Å². The first-order valence-corrected chi connectivity index (χ1v) is 7.18. The second kappa shape index (κ2) is 7.21. The summed E-state index contributed by atoms with van der Waals surface area (Å²) < 4.78 is 0. The molecule has 0 spiro atoms. The topological polar surface area (TPSA) is 65.5 Å². The van der Waals surface area contributed by atoms with E-state index < -0.39 is 0 Å². The number of carbonyl (C=O) groups is 1. The number of rotatable bonds is 5. The van der Waals surface area contributed by atoms with Crippen molar-refractivity contribution in [2.45, 2.75) is 31.8 Å². The highest BCUT2D eigenvalue weighted by Gasteiger charge is 2.29. The molecule has 1 aliphatic carbocycles. The zero-order valence-electron chi connectivity index (χ0n) is 12.5. The van der Waals surface area contributed by atoms with Crippen molar-refractivity contribution in [3.63, 3.8) is 0 Å². The molecule has 1 aromatic heterocycles. The van der Waals surface area contributed by atoms with Crippen molar-refractivity contribution in [1.82, 2.24) is 15.2 Å². The number of nitrogens with one attached hydrogen (secondary N) is 1. The number of pyridine rings is 1. The van der Waals surface area contributed by atoms with Gasteiger partial charge in [-0.15, -0.1) is 0 Å². The van der Waals surface area contributed by atoms with Crippen molar-refractivity contribution in [3.05, 3.63) is 29.6 Å². The van der Waals surface area contributed by atoms with E-state index in [1.54, 1.807) is 18.3 Å². The van der Waals surface area contributed by atoms with Crippen LogP contribution < -0.4 is 5.32 Å². The minimum absolute atomic E-state index is 0.228. The highest BCUT2D eigenvalue weighted by molar-refractivity contribution is 5.94. The summed E-state index contributed by atoms with van der Waals surface area (Å²) in [6, 6.07) is 4.40. The van der Waals surface area contributed by atoms with Gasteiger partial charge in [0.1, 0.15) is 12.3 Å². The Kier molecular flexibility index (Phi) is 5.32. The van der Waals surface area contributed by atoms with Crippen LogP contribution in [0.25, 0.3) is 0 Å². The largest absolute Gasteiger partial charge is 0.384 e. The van der Waals surface area contributed by atoms with Crippen molar-refractivity contribution in [3.8, 4) is 11.8 Å². The van der Waals surface area contributed by atoms with E-state index in [0.29, 0.717) is 23.8 Å². The fraction of sp³-hybridized carbons (Fsp3) is 0.500. The number of aliphatic hydroxyl groups is 1. The first-order chi connectivity index (χ1) is 10.1. The van der Waals surface area contributed by atoms with Gasteiger partial charge in [-0.3, -0.25) is 9.69 Å². The maximum Gasteiger partial charge on any atom is 0.271 e. The molecule has 2 rings (SSSR count). The van der Waals surface area contributed by atoms with Crippen molar-refractivity contribution in [2.75, 3.05) is 20.2 Å². The Balaban J connectivity index is 1.96. The van der Waals surface area contributed by atoms with E-state index in [0.717, 1.165) is 0 Å². The Morgan fingerprint density at radius 1 is 1.62 bits per heavy atom. The molecule has 0 aliphatic heterocycles. The molecule has 5 nitrogen and oxygen atoms in total. The third-order valence-corrected chi connectivity index (χ3v) is 3.70. The smallest absolute Gasteiger partial charge is 0.271 e. The van der Waals surface area contributed by atoms with Gasteiger partial charge in [-0.2, -0.15) is 0 Å². The summed E-state index contributed by atoms with van der Waals surface area (Å²) in [5, 5.41) is 11.7. The van der Waals surface area contributed by atoms with E-state index in [9.17, 15) is 4.79 Å². The van der Waals surface area contributed by atoms with Gasteiger partial charge < -0.3 is 10.4 Å². The Hall–Kier alpha value is -1.90. The van der Waals surface area contributed by atoms with E-state index in [4.69, 9.17) is 5.11 Å². The minimum atomic E-state index is -0.237. The molecule has 1 aromatic rings. The predicted molar refractivity (Wildman–Crippen MR) is 80.8 cm³/mol. The maximum absolute atomic E-state index is 12.2. The van der Waals surface area contributed by atoms with Crippen LogP contribution in [0.1, 0.15) is 35.8 Å². The number of amides is 1. The molecule has 1 unspecified atom stereocenters. The highest BCUT2D eigenvalue weighted by Crippen LogP contribution is 2.26. The van der Waals surface area contributed by atoms with Crippen LogP contribution >= 0.6 is 0 Å². The van der Waals surface area contributed by atoms with Gasteiger partial charge in [0.15, 0.2) is 0 Å². The lowest BCUT2D eigenvalue weighted by molar-refractivity contribution is 0.0934. The molecule has 5 heteroatoms. The fourth-order valence-electron chi connectivity index (χ4n) is 2.13. The summed E-state index contributed by atoms with van der Waals surface area (Å²) in [5.74, 6) is 5.06. The summed E-state index contributed by atoms with van der Waals surface area (Å²) in [7, 11) is 2.09. The second-order valence-corrected chi connectivity index (χ2v) is 5.32. The summed E-state index contributed by atoms with van der Waals surface area (Å²) in [4.78, 5) is 18.6. The van der Waals surface area contributed by atoms with Crippen molar-refractivity contribution >= 4 is 5.91 Å². The van der Waals surface area contributed by atoms with E-state index in [1.165, 1.54) is 12.8 Å². The number of nitrogens with zero attached hydrogens (tertiary/aromatic N) is 2. The molecule has 1 heterocycles. The normalized spacial score (nSPS) is 15.2. The third-order valence-electron chi connectivity index (χ3n) is 3.70. The summed E-state index contributed by atoms with van der Waals surface area (Å²) >= 11 is 0. The van der Waals surface area contributed by atoms with E-state index >= 15 is 0 Å². The molecule has 1 saturated carbocycles. The third kappa shape index (κ3) is 4.28. The lowest BCUT2D eigenvalue weighted by atomic mass is 10.2. The Labute approximate surface area is 125 Å². The standard InChI is InChI=1S/C16H21N3O2/c1-12(19(2)14-7-8-14)11-18-16(21)15-13(6-4-10-20)5-3-9-17-15/h3,5,9,12,14,20H,7-8,10-11H2,1-2H3,(H,18,21). The first-order valence-electron chi connectivity index (χ1n) is 7.18. The highest BCUT2D eigenvalue weighted by atomic mass is 16.2. The molecule has 0 saturated heterocycles. The quantitative estimate of drug-likeness (QED) is 0.780. The van der Waals surface area contributed by atoms with Gasteiger partial charge in [0.05, 0.1) is 5.56 Å². The molecular formula is C16H21N3O2. The molecule has 2 N–H and O–H groups in total. The molecule has 112 valence electrons. The summed E-state index contributed by atoms with van der Waals surface area (Å²) in [6.45, 7) is 2.44. The van der Waals surface area contributed by atoms with Crippen LogP contribution in [0.4, 0.5) is 0 Å². The van der Waals surface area contributed by atoms with Crippen molar-refractivity contribution in [1.29, 1.82) is 0 Å². The van der Waals surface area contributed by atoms with Gasteiger partial charge in [-0.05, 0) is 38.9 Å². The van der Waals surface area contributed by atoms with Crippen LogP contribution in [-0.2, 0) is 0 Å². The van der Waals surface area contributed by atoms with Crippen LogP contribution in [-0.4, -0.2) is 53.2 Å². The lowest BCUT2D eigenvalue weighted by Crippen LogP contribution is -2.41. The zero-order chi connectivity index (χ0) is 15.2. The monoisotopic (exact) mass is 287 g/mol. The predicted octanol–water partition coefficient (Wildman–Crippen LogP) is 0.638. The summed E-state index contributed by atoms with van der Waals surface area (Å²) in [5.41, 5.74) is 0.840. The number of aromatic nitrogens is 1. The van der Waals surface area contributed by atoms with Gasteiger partial charge in [0.2, 0.25) is 0 Å². The SMILES string of the molecule is CC(CNC(=O)c1ncccc1C#CCO)N(C)C1CC1. The Bertz CT molecular complexity index is 558. The maximum atomic E-state index is 12.2. The number of likely N-dealkylation sites (N-methyl/N-ethyl adjacent to an activating group) is 1. The molecular weight excluding hydrogens is 266 g/mol. The van der Waals surface area contributed by atoms with Gasteiger partial charge in [0.25, 0.3) is 5.91 Å². The van der Waals surface area contributed by atoms with Gasteiger partial charge in [0, 0.05) is 24.8 Å². The van der Waals surface area contributed by atoms with Crippen LogP contribution in [0.3, 0.4) is 0 Å². The van der Waals surface area contributed by atoms with E-state index in [1.807, 2.05) is 0 Å². The van der Waals surface area contributed by atoms with E-state index in [2.05, 4.69) is 41.0 Å². The fourth-order valence-corrected chi connectivity index (χ4v) is 2.13. The summed E-state index contributed by atoms with van der Waals surface area (Å²) in [6.07, 6.45) is 4.06. The van der Waals surface area contributed by atoms with Gasteiger partial charge in [-0.25, -0.2) is 4.98 Å². The number of hydrogen-bond donors (Lipinski definition) is 2. The average molecular weight is 287 g/mol. The van der Waals surface area contributed by atoms with Crippen molar-refractivity contribution in [2.24, 2.45) is 0 Å². The number of aliphatic hydroxyl groups excluding tert-OH is 1. The Morgan fingerprint density at radius 3 is 3.05 bits per heavy atom. The number of carbonyl (C=O) groups excluding carboxylic acids is 1. The first kappa shape index (κ1) is 15.5. The molecule has 0 aromatic carbocycles. The zero-order valence-corrected chi connectivity index (χ0v) is 12.5. The molecule has 1 aliphatic rings. The van der Waals surface area contributed by atoms with Crippen LogP contribution in [0.15, 0.2) is 18.3 Å². The number of hydrogen-bond acceptors (Lipinski definition) is 4.